The number of para-hydroxylation sites is 1. The Morgan fingerprint density at radius 1 is 1.22 bits per heavy atom. The fourth-order valence-electron chi connectivity index (χ4n) is 1.93. The Kier molecular flexibility index (Phi) is 4.14. The van der Waals surface area contributed by atoms with Gasteiger partial charge in [0.1, 0.15) is 18.4 Å². The van der Waals surface area contributed by atoms with Crippen LogP contribution in [0.3, 0.4) is 0 Å². The molecule has 0 aliphatic carbocycles. The highest BCUT2D eigenvalue weighted by atomic mass is 16.3. The van der Waals surface area contributed by atoms with Crippen LogP contribution in [0.1, 0.15) is 5.56 Å². The number of hydrogen-bond acceptors (Lipinski definition) is 5. The first-order chi connectivity index (χ1) is 11.2. The van der Waals surface area contributed by atoms with Crippen LogP contribution >= 0.6 is 0 Å². The maximum atomic E-state index is 11.9. The number of phenols is 1. The van der Waals surface area contributed by atoms with Crippen LogP contribution in [0.25, 0.3) is 5.82 Å². The van der Waals surface area contributed by atoms with E-state index >= 15 is 0 Å². The lowest BCUT2D eigenvalue weighted by atomic mass is 10.2. The average Bonchev–Trinajstić information content (AvgIpc) is 3.09. The van der Waals surface area contributed by atoms with Crippen molar-refractivity contribution in [3.63, 3.8) is 0 Å². The molecule has 0 saturated heterocycles. The van der Waals surface area contributed by atoms with Crippen molar-refractivity contribution < 1.29 is 9.90 Å². The van der Waals surface area contributed by atoms with Crippen molar-refractivity contribution in [2.45, 2.75) is 6.54 Å². The van der Waals surface area contributed by atoms with Gasteiger partial charge in [-0.2, -0.15) is 5.10 Å². The van der Waals surface area contributed by atoms with Gasteiger partial charge in [-0.3, -0.25) is 0 Å². The number of amides is 2. The molecular weight excluding hydrogens is 296 g/mol. The third kappa shape index (κ3) is 3.62. The summed E-state index contributed by atoms with van der Waals surface area (Å²) < 4.78 is 1.52. The van der Waals surface area contributed by atoms with E-state index in [1.54, 1.807) is 36.4 Å². The van der Waals surface area contributed by atoms with Crippen molar-refractivity contribution in [1.82, 2.24) is 25.1 Å². The SMILES string of the molecule is O=C(NCc1ccccc1O)Nc1ccc(-n2cncn2)nc1. The summed E-state index contributed by atoms with van der Waals surface area (Å²) in [6, 6.07) is 9.87. The van der Waals surface area contributed by atoms with Gasteiger partial charge in [-0.1, -0.05) is 18.2 Å². The van der Waals surface area contributed by atoms with Crippen LogP contribution in [0.5, 0.6) is 5.75 Å². The van der Waals surface area contributed by atoms with Gasteiger partial charge in [-0.15, -0.1) is 0 Å². The predicted molar refractivity (Wildman–Crippen MR) is 83.1 cm³/mol. The number of aromatic nitrogens is 4. The molecule has 2 aromatic heterocycles. The second kappa shape index (κ2) is 6.56. The monoisotopic (exact) mass is 310 g/mol. The topological polar surface area (TPSA) is 105 Å². The lowest BCUT2D eigenvalue weighted by Gasteiger charge is -2.09. The highest BCUT2D eigenvalue weighted by molar-refractivity contribution is 5.89. The molecular formula is C15H14N6O2. The van der Waals surface area contributed by atoms with Crippen LogP contribution in [0.4, 0.5) is 10.5 Å². The van der Waals surface area contributed by atoms with Gasteiger partial charge in [-0.25, -0.2) is 19.4 Å². The molecule has 0 aliphatic rings. The van der Waals surface area contributed by atoms with Crippen molar-refractivity contribution in [1.29, 1.82) is 0 Å². The third-order valence-electron chi connectivity index (χ3n) is 3.09. The molecule has 0 bridgehead atoms. The maximum absolute atomic E-state index is 11.9. The number of urea groups is 1. The highest BCUT2D eigenvalue weighted by Crippen LogP contribution is 2.15. The lowest BCUT2D eigenvalue weighted by Crippen LogP contribution is -2.28. The summed E-state index contributed by atoms with van der Waals surface area (Å²) in [5, 5.41) is 18.9. The Morgan fingerprint density at radius 2 is 2.09 bits per heavy atom. The molecule has 1 aromatic carbocycles. The molecule has 8 nitrogen and oxygen atoms in total. The average molecular weight is 310 g/mol. The van der Waals surface area contributed by atoms with Gasteiger partial charge in [0.25, 0.3) is 0 Å². The Hall–Kier alpha value is -3.42. The number of carbonyl (C=O) groups is 1. The molecule has 0 fully saturated rings. The number of nitrogens with zero attached hydrogens (tertiary/aromatic N) is 4. The molecule has 3 rings (SSSR count). The minimum atomic E-state index is -0.386. The van der Waals surface area contributed by atoms with Crippen molar-refractivity contribution in [2.24, 2.45) is 0 Å². The number of phenolic OH excluding ortho intramolecular Hbond substituents is 1. The van der Waals surface area contributed by atoms with Crippen molar-refractivity contribution in [2.75, 3.05) is 5.32 Å². The number of rotatable bonds is 4. The van der Waals surface area contributed by atoms with Gasteiger partial charge in [-0.05, 0) is 18.2 Å². The fourth-order valence-corrected chi connectivity index (χ4v) is 1.93. The smallest absolute Gasteiger partial charge is 0.319 e. The fraction of sp³-hybridized carbons (Fsp3) is 0.0667. The van der Waals surface area contributed by atoms with Crippen molar-refractivity contribution in [3.05, 3.63) is 60.8 Å². The Labute approximate surface area is 131 Å². The van der Waals surface area contributed by atoms with E-state index < -0.39 is 0 Å². The van der Waals surface area contributed by atoms with Gasteiger partial charge in [0.2, 0.25) is 0 Å². The number of aromatic hydroxyl groups is 1. The standard InChI is InChI=1S/C15H14N6O2/c22-13-4-2-1-3-11(13)7-18-15(23)20-12-5-6-14(17-8-12)21-10-16-9-19-21/h1-6,8-10,22H,7H2,(H2,18,20,23). The molecule has 0 atom stereocenters. The number of carbonyl (C=O) groups excluding carboxylic acids is 1. The summed E-state index contributed by atoms with van der Waals surface area (Å²) in [5.41, 5.74) is 1.19. The zero-order valence-corrected chi connectivity index (χ0v) is 12.0. The first kappa shape index (κ1) is 14.5. The summed E-state index contributed by atoms with van der Waals surface area (Å²) in [4.78, 5) is 19.9. The van der Waals surface area contributed by atoms with Crippen LogP contribution in [0.2, 0.25) is 0 Å². The quantitative estimate of drug-likeness (QED) is 0.680. The third-order valence-corrected chi connectivity index (χ3v) is 3.09. The first-order valence-corrected chi connectivity index (χ1v) is 6.85. The lowest BCUT2D eigenvalue weighted by molar-refractivity contribution is 0.251. The zero-order chi connectivity index (χ0) is 16.1. The van der Waals surface area contributed by atoms with Crippen LogP contribution in [0, 0.1) is 0 Å². The molecule has 2 amide bonds. The second-order valence-corrected chi connectivity index (χ2v) is 4.68. The van der Waals surface area contributed by atoms with Gasteiger partial charge >= 0.3 is 6.03 Å². The highest BCUT2D eigenvalue weighted by Gasteiger charge is 2.05. The normalized spacial score (nSPS) is 10.3. The minimum Gasteiger partial charge on any atom is -0.508 e. The van der Waals surface area contributed by atoms with Gasteiger partial charge in [0.05, 0.1) is 11.9 Å². The van der Waals surface area contributed by atoms with E-state index in [1.807, 2.05) is 0 Å². The number of hydrogen-bond donors (Lipinski definition) is 3. The van der Waals surface area contributed by atoms with E-state index in [-0.39, 0.29) is 18.3 Å². The number of benzene rings is 1. The molecule has 0 radical (unpaired) electrons. The van der Waals surface area contributed by atoms with Gasteiger partial charge in [0, 0.05) is 12.1 Å². The number of nitrogens with one attached hydrogen (secondary N) is 2. The summed E-state index contributed by atoms with van der Waals surface area (Å²) in [6.07, 6.45) is 4.48. The Morgan fingerprint density at radius 3 is 2.78 bits per heavy atom. The van der Waals surface area contributed by atoms with E-state index in [9.17, 15) is 9.90 Å². The summed E-state index contributed by atoms with van der Waals surface area (Å²) in [5.74, 6) is 0.745. The van der Waals surface area contributed by atoms with Crippen LogP contribution in [0.15, 0.2) is 55.2 Å². The molecule has 23 heavy (non-hydrogen) atoms. The predicted octanol–water partition coefficient (Wildman–Crippen LogP) is 1.69. The van der Waals surface area contributed by atoms with E-state index in [2.05, 4.69) is 25.7 Å². The Bertz CT molecular complexity index is 786. The Balaban J connectivity index is 1.57. The molecule has 3 aromatic rings. The summed E-state index contributed by atoms with van der Waals surface area (Å²) in [6.45, 7) is 0.225. The molecule has 0 saturated carbocycles. The molecule has 3 N–H and O–H groups in total. The number of anilines is 1. The molecule has 116 valence electrons. The molecule has 2 heterocycles. The van der Waals surface area contributed by atoms with Crippen LogP contribution < -0.4 is 10.6 Å². The van der Waals surface area contributed by atoms with Gasteiger partial charge in [0.15, 0.2) is 5.82 Å². The maximum Gasteiger partial charge on any atom is 0.319 e. The van der Waals surface area contributed by atoms with E-state index in [0.717, 1.165) is 0 Å². The summed E-state index contributed by atoms with van der Waals surface area (Å²) in [7, 11) is 0. The van der Waals surface area contributed by atoms with Gasteiger partial charge < -0.3 is 15.7 Å². The molecule has 0 spiro atoms. The number of pyridine rings is 1. The van der Waals surface area contributed by atoms with E-state index in [4.69, 9.17) is 0 Å². The largest absolute Gasteiger partial charge is 0.508 e. The van der Waals surface area contributed by atoms with Crippen molar-refractivity contribution in [3.8, 4) is 11.6 Å². The molecule has 0 aliphatic heterocycles. The first-order valence-electron chi connectivity index (χ1n) is 6.85. The zero-order valence-electron chi connectivity index (χ0n) is 12.0. The molecule has 8 heteroatoms. The minimum absolute atomic E-state index is 0.145. The van der Waals surface area contributed by atoms with Crippen LogP contribution in [-0.2, 0) is 6.54 Å². The molecule has 0 unspecified atom stereocenters. The van der Waals surface area contributed by atoms with E-state index in [0.29, 0.717) is 17.1 Å². The van der Waals surface area contributed by atoms with Crippen molar-refractivity contribution >= 4 is 11.7 Å². The second-order valence-electron chi connectivity index (χ2n) is 4.68. The summed E-state index contributed by atoms with van der Waals surface area (Å²) >= 11 is 0. The van der Waals surface area contributed by atoms with E-state index in [1.165, 1.54) is 23.5 Å². The van der Waals surface area contributed by atoms with Crippen LogP contribution in [-0.4, -0.2) is 30.9 Å².